The number of rotatable bonds is 3. The average molecular weight is 260 g/mol. The Bertz CT molecular complexity index is 598. The molecule has 0 saturated carbocycles. The molecule has 0 aliphatic rings. The molecule has 0 atom stereocenters. The van der Waals surface area contributed by atoms with Gasteiger partial charge in [-0.25, -0.2) is 0 Å². The van der Waals surface area contributed by atoms with Gasteiger partial charge in [-0.1, -0.05) is 30.3 Å². The van der Waals surface area contributed by atoms with Crippen LogP contribution in [0.4, 0.5) is 5.69 Å². The zero-order valence-corrected chi connectivity index (χ0v) is 10.6. The number of phenols is 2. The predicted molar refractivity (Wildman–Crippen MR) is 74.1 cm³/mol. The van der Waals surface area contributed by atoms with Gasteiger partial charge < -0.3 is 26.4 Å². The fraction of sp³-hybridized carbons (Fsp3) is 0.143. The van der Waals surface area contributed by atoms with Crippen LogP contribution < -0.4 is 16.2 Å². The SMILES string of the molecule is COc1c(O)c(O)c(CN)c(N)c1-c1ccccc1. The summed E-state index contributed by atoms with van der Waals surface area (Å²) >= 11 is 0. The molecule has 0 aliphatic heterocycles. The van der Waals surface area contributed by atoms with Crippen LogP contribution in [0.5, 0.6) is 17.2 Å². The van der Waals surface area contributed by atoms with Gasteiger partial charge in [0.1, 0.15) is 0 Å². The summed E-state index contributed by atoms with van der Waals surface area (Å²) in [6, 6.07) is 9.24. The Kier molecular flexibility index (Phi) is 3.48. The summed E-state index contributed by atoms with van der Waals surface area (Å²) in [5.41, 5.74) is 13.5. The molecule has 5 heteroatoms. The molecular weight excluding hydrogens is 244 g/mol. The molecule has 0 radical (unpaired) electrons. The number of hydrogen-bond donors (Lipinski definition) is 4. The van der Waals surface area contributed by atoms with Gasteiger partial charge in [-0.05, 0) is 5.56 Å². The molecule has 0 bridgehead atoms. The third kappa shape index (κ3) is 2.04. The molecule has 0 aliphatic carbocycles. The average Bonchev–Trinajstić information content (AvgIpc) is 2.44. The maximum absolute atomic E-state index is 9.99. The maximum atomic E-state index is 9.99. The normalized spacial score (nSPS) is 10.4. The second kappa shape index (κ2) is 5.07. The van der Waals surface area contributed by atoms with E-state index in [1.54, 1.807) is 0 Å². The van der Waals surface area contributed by atoms with Crippen LogP contribution in [0.3, 0.4) is 0 Å². The zero-order chi connectivity index (χ0) is 14.0. The van der Waals surface area contributed by atoms with Gasteiger partial charge >= 0.3 is 0 Å². The minimum atomic E-state index is -0.351. The molecule has 0 heterocycles. The predicted octanol–water partition coefficient (Wildman–Crippen LogP) is 1.81. The molecule has 100 valence electrons. The summed E-state index contributed by atoms with van der Waals surface area (Å²) in [6.45, 7) is 0.0229. The Morgan fingerprint density at radius 2 is 1.74 bits per heavy atom. The van der Waals surface area contributed by atoms with E-state index in [1.165, 1.54) is 7.11 Å². The minimum absolute atomic E-state index is 0.0229. The molecule has 19 heavy (non-hydrogen) atoms. The first-order valence-electron chi connectivity index (χ1n) is 5.77. The van der Waals surface area contributed by atoms with Crippen molar-refractivity contribution in [3.63, 3.8) is 0 Å². The van der Waals surface area contributed by atoms with Gasteiger partial charge in [-0.3, -0.25) is 0 Å². The lowest BCUT2D eigenvalue weighted by Gasteiger charge is -2.18. The molecule has 0 amide bonds. The number of hydrogen-bond acceptors (Lipinski definition) is 5. The van der Waals surface area contributed by atoms with E-state index in [-0.39, 0.29) is 23.8 Å². The number of benzene rings is 2. The summed E-state index contributed by atoms with van der Waals surface area (Å²) in [5, 5.41) is 19.9. The Morgan fingerprint density at radius 3 is 2.26 bits per heavy atom. The lowest BCUT2D eigenvalue weighted by atomic mass is 9.97. The van der Waals surface area contributed by atoms with Gasteiger partial charge in [0.25, 0.3) is 0 Å². The maximum Gasteiger partial charge on any atom is 0.201 e. The summed E-state index contributed by atoms with van der Waals surface area (Å²) in [7, 11) is 1.41. The number of nitrogens with two attached hydrogens (primary N) is 2. The highest BCUT2D eigenvalue weighted by molar-refractivity contribution is 5.89. The number of nitrogen functional groups attached to an aromatic ring is 1. The van der Waals surface area contributed by atoms with E-state index in [2.05, 4.69) is 0 Å². The lowest BCUT2D eigenvalue weighted by molar-refractivity contribution is 0.350. The highest BCUT2D eigenvalue weighted by Gasteiger charge is 2.22. The van der Waals surface area contributed by atoms with Crippen molar-refractivity contribution >= 4 is 5.69 Å². The number of anilines is 1. The van der Waals surface area contributed by atoms with Crippen molar-refractivity contribution in [2.45, 2.75) is 6.54 Å². The molecule has 0 saturated heterocycles. The van der Waals surface area contributed by atoms with Crippen molar-refractivity contribution in [3.8, 4) is 28.4 Å². The minimum Gasteiger partial charge on any atom is -0.504 e. The first-order valence-corrected chi connectivity index (χ1v) is 5.77. The highest BCUT2D eigenvalue weighted by atomic mass is 16.5. The third-order valence-electron chi connectivity index (χ3n) is 3.02. The van der Waals surface area contributed by atoms with Gasteiger partial charge in [0.15, 0.2) is 11.5 Å². The van der Waals surface area contributed by atoms with E-state index in [4.69, 9.17) is 16.2 Å². The molecule has 0 aromatic heterocycles. The Morgan fingerprint density at radius 1 is 1.11 bits per heavy atom. The van der Waals surface area contributed by atoms with E-state index in [0.717, 1.165) is 5.56 Å². The standard InChI is InChI=1S/C14H16N2O3/c1-19-14-10(8-5-3-2-4-6-8)11(16)9(7-15)12(17)13(14)18/h2-6,17-18H,7,15-16H2,1H3. The van der Waals surface area contributed by atoms with Crippen molar-refractivity contribution in [2.75, 3.05) is 12.8 Å². The molecule has 6 N–H and O–H groups in total. The molecule has 2 rings (SSSR count). The van der Waals surface area contributed by atoms with Gasteiger partial charge in [-0.2, -0.15) is 0 Å². The molecule has 0 fully saturated rings. The Hall–Kier alpha value is -2.40. The first-order chi connectivity index (χ1) is 9.11. The van der Waals surface area contributed by atoms with Crippen LogP contribution in [-0.4, -0.2) is 17.3 Å². The van der Waals surface area contributed by atoms with E-state index in [1.807, 2.05) is 30.3 Å². The summed E-state index contributed by atoms with van der Waals surface area (Å²) in [5.74, 6) is -0.550. The zero-order valence-electron chi connectivity index (χ0n) is 10.6. The van der Waals surface area contributed by atoms with Crippen molar-refractivity contribution < 1.29 is 14.9 Å². The summed E-state index contributed by atoms with van der Waals surface area (Å²) in [4.78, 5) is 0. The first kappa shape index (κ1) is 13.0. The number of methoxy groups -OCH3 is 1. The van der Waals surface area contributed by atoms with Gasteiger partial charge in [0, 0.05) is 12.1 Å². The second-order valence-corrected chi connectivity index (χ2v) is 4.07. The van der Waals surface area contributed by atoms with Gasteiger partial charge in [0.2, 0.25) is 5.75 Å². The van der Waals surface area contributed by atoms with Crippen molar-refractivity contribution in [3.05, 3.63) is 35.9 Å². The van der Waals surface area contributed by atoms with Crippen LogP contribution in [0.25, 0.3) is 11.1 Å². The fourth-order valence-electron chi connectivity index (χ4n) is 2.07. The fourth-order valence-corrected chi connectivity index (χ4v) is 2.07. The molecule has 2 aromatic rings. The van der Waals surface area contributed by atoms with Gasteiger partial charge in [-0.15, -0.1) is 0 Å². The van der Waals surface area contributed by atoms with Crippen LogP contribution in [0.2, 0.25) is 0 Å². The summed E-state index contributed by atoms with van der Waals surface area (Å²) < 4.78 is 5.16. The topological polar surface area (TPSA) is 102 Å². The quantitative estimate of drug-likeness (QED) is 0.383. The van der Waals surface area contributed by atoms with Crippen LogP contribution in [-0.2, 0) is 6.54 Å². The molecule has 0 spiro atoms. The van der Waals surface area contributed by atoms with Crippen LogP contribution in [0.15, 0.2) is 30.3 Å². The summed E-state index contributed by atoms with van der Waals surface area (Å²) in [6.07, 6.45) is 0. The molecule has 0 unspecified atom stereocenters. The number of phenolic OH excluding ortho intramolecular Hbond substituents is 2. The van der Waals surface area contributed by atoms with Crippen LogP contribution in [0.1, 0.15) is 5.56 Å². The van der Waals surface area contributed by atoms with E-state index in [9.17, 15) is 10.2 Å². The van der Waals surface area contributed by atoms with E-state index in [0.29, 0.717) is 16.8 Å². The Labute approximate surface area is 111 Å². The molecule has 2 aromatic carbocycles. The largest absolute Gasteiger partial charge is 0.504 e. The van der Waals surface area contributed by atoms with Crippen LogP contribution >= 0.6 is 0 Å². The number of ether oxygens (including phenoxy) is 1. The Balaban J connectivity index is 2.82. The lowest BCUT2D eigenvalue weighted by Crippen LogP contribution is -2.05. The second-order valence-electron chi connectivity index (χ2n) is 4.07. The van der Waals surface area contributed by atoms with Crippen molar-refractivity contribution in [1.29, 1.82) is 0 Å². The van der Waals surface area contributed by atoms with Crippen molar-refractivity contribution in [1.82, 2.24) is 0 Å². The van der Waals surface area contributed by atoms with Crippen molar-refractivity contribution in [2.24, 2.45) is 5.73 Å². The van der Waals surface area contributed by atoms with Crippen LogP contribution in [0, 0.1) is 0 Å². The number of aromatic hydroxyl groups is 2. The smallest absolute Gasteiger partial charge is 0.201 e. The monoisotopic (exact) mass is 260 g/mol. The van der Waals surface area contributed by atoms with Gasteiger partial charge in [0.05, 0.1) is 18.4 Å². The highest BCUT2D eigenvalue weighted by Crippen LogP contribution is 2.49. The van der Waals surface area contributed by atoms with E-state index >= 15 is 0 Å². The molecule has 5 nitrogen and oxygen atoms in total. The third-order valence-corrected chi connectivity index (χ3v) is 3.02. The van der Waals surface area contributed by atoms with E-state index < -0.39 is 0 Å². The molecular formula is C14H16N2O3.